The summed E-state index contributed by atoms with van der Waals surface area (Å²) in [6.45, 7) is 1.06. The van der Waals surface area contributed by atoms with Crippen LogP contribution in [0.4, 0.5) is 5.82 Å². The summed E-state index contributed by atoms with van der Waals surface area (Å²) in [7, 11) is 1.48. The van der Waals surface area contributed by atoms with Crippen molar-refractivity contribution >= 4 is 17.0 Å². The lowest BCUT2D eigenvalue weighted by Crippen LogP contribution is -2.02. The van der Waals surface area contributed by atoms with E-state index in [0.29, 0.717) is 30.7 Å². The molecular formula is C9H12N8O. The van der Waals surface area contributed by atoms with Gasteiger partial charge in [0.25, 0.3) is 0 Å². The van der Waals surface area contributed by atoms with E-state index in [4.69, 9.17) is 16.0 Å². The van der Waals surface area contributed by atoms with Gasteiger partial charge in [0.05, 0.1) is 13.4 Å². The summed E-state index contributed by atoms with van der Waals surface area (Å²) in [5.74, 6) is 0.283. The molecule has 0 aliphatic heterocycles. The van der Waals surface area contributed by atoms with Gasteiger partial charge < -0.3 is 15.0 Å². The van der Waals surface area contributed by atoms with Crippen LogP contribution in [0.3, 0.4) is 0 Å². The lowest BCUT2D eigenvalue weighted by atomic mass is 10.4. The molecule has 0 amide bonds. The monoisotopic (exact) mass is 248 g/mol. The number of anilines is 1. The first-order valence-electron chi connectivity index (χ1n) is 5.29. The Balaban J connectivity index is 2.28. The molecule has 2 aromatic heterocycles. The molecule has 0 saturated carbocycles. The summed E-state index contributed by atoms with van der Waals surface area (Å²) in [5.41, 5.74) is 15.1. The third-order valence-electron chi connectivity index (χ3n) is 2.37. The quantitative estimate of drug-likeness (QED) is 0.367. The highest BCUT2D eigenvalue weighted by Gasteiger charge is 2.10. The van der Waals surface area contributed by atoms with E-state index in [2.05, 4.69) is 25.0 Å². The molecule has 2 N–H and O–H groups in total. The fraction of sp³-hybridized carbons (Fsp3) is 0.444. The lowest BCUT2D eigenvalue weighted by molar-refractivity contribution is 0.381. The Morgan fingerprint density at radius 2 is 2.39 bits per heavy atom. The summed E-state index contributed by atoms with van der Waals surface area (Å²) < 4.78 is 6.78. The van der Waals surface area contributed by atoms with E-state index in [1.165, 1.54) is 7.11 Å². The maximum absolute atomic E-state index is 8.19. The molecule has 2 rings (SSSR count). The second-order valence-corrected chi connectivity index (χ2v) is 3.51. The number of hydrogen-bond donors (Lipinski definition) is 1. The molecule has 0 aliphatic carbocycles. The van der Waals surface area contributed by atoms with Gasteiger partial charge in [0, 0.05) is 18.0 Å². The number of aromatic nitrogens is 4. The van der Waals surface area contributed by atoms with Gasteiger partial charge in [-0.2, -0.15) is 9.97 Å². The van der Waals surface area contributed by atoms with Gasteiger partial charge in [0.2, 0.25) is 0 Å². The molecule has 0 fully saturated rings. The number of fused-ring (bicyclic) bond motifs is 1. The zero-order valence-electron chi connectivity index (χ0n) is 9.81. The van der Waals surface area contributed by atoms with Gasteiger partial charge in [-0.1, -0.05) is 5.11 Å². The number of imidazole rings is 1. The first kappa shape index (κ1) is 11.9. The minimum atomic E-state index is 0.205. The van der Waals surface area contributed by atoms with Crippen molar-refractivity contribution in [2.24, 2.45) is 5.11 Å². The highest BCUT2D eigenvalue weighted by atomic mass is 16.5. The minimum Gasteiger partial charge on any atom is -0.467 e. The largest absolute Gasteiger partial charge is 0.467 e. The normalized spacial score (nSPS) is 10.3. The van der Waals surface area contributed by atoms with E-state index < -0.39 is 0 Å². The van der Waals surface area contributed by atoms with Crippen molar-refractivity contribution in [3.8, 4) is 6.01 Å². The van der Waals surface area contributed by atoms with Gasteiger partial charge in [-0.3, -0.25) is 0 Å². The molecule has 0 atom stereocenters. The number of azide groups is 1. The number of ether oxygens (including phenoxy) is 1. The molecule has 94 valence electrons. The van der Waals surface area contributed by atoms with Crippen LogP contribution in [0.5, 0.6) is 6.01 Å². The van der Waals surface area contributed by atoms with Crippen LogP contribution in [0, 0.1) is 0 Å². The smallest absolute Gasteiger partial charge is 0.320 e. The van der Waals surface area contributed by atoms with Crippen LogP contribution < -0.4 is 10.5 Å². The molecule has 0 unspecified atom stereocenters. The molecule has 0 aliphatic rings. The Morgan fingerprint density at radius 3 is 3.11 bits per heavy atom. The fourth-order valence-electron chi connectivity index (χ4n) is 1.56. The molecule has 0 spiro atoms. The van der Waals surface area contributed by atoms with Gasteiger partial charge >= 0.3 is 6.01 Å². The van der Waals surface area contributed by atoms with Crippen molar-refractivity contribution in [1.82, 2.24) is 19.5 Å². The number of hydrogen-bond acceptors (Lipinski definition) is 6. The van der Waals surface area contributed by atoms with Crippen molar-refractivity contribution < 1.29 is 4.74 Å². The van der Waals surface area contributed by atoms with Crippen LogP contribution >= 0.6 is 0 Å². The summed E-state index contributed by atoms with van der Waals surface area (Å²) in [5, 5.41) is 3.47. The zero-order chi connectivity index (χ0) is 13.0. The number of aryl methyl sites for hydroxylation is 1. The molecule has 9 heteroatoms. The summed E-state index contributed by atoms with van der Waals surface area (Å²) in [6, 6.07) is 0.205. The third kappa shape index (κ3) is 2.25. The first-order chi connectivity index (χ1) is 8.76. The van der Waals surface area contributed by atoms with Crippen LogP contribution in [0.2, 0.25) is 0 Å². The highest BCUT2D eigenvalue weighted by molar-refractivity contribution is 5.81. The maximum atomic E-state index is 8.19. The van der Waals surface area contributed by atoms with Gasteiger partial charge in [-0.05, 0) is 12.0 Å². The van der Waals surface area contributed by atoms with Crippen LogP contribution in [0.1, 0.15) is 6.42 Å². The van der Waals surface area contributed by atoms with Crippen LogP contribution in [-0.4, -0.2) is 33.2 Å². The van der Waals surface area contributed by atoms with E-state index in [0.717, 1.165) is 0 Å². The van der Waals surface area contributed by atoms with Crippen molar-refractivity contribution in [1.29, 1.82) is 0 Å². The van der Waals surface area contributed by atoms with Gasteiger partial charge in [0.15, 0.2) is 11.5 Å². The van der Waals surface area contributed by atoms with Crippen LogP contribution in [0.15, 0.2) is 11.4 Å². The second-order valence-electron chi connectivity index (χ2n) is 3.51. The van der Waals surface area contributed by atoms with Gasteiger partial charge in [0.1, 0.15) is 5.52 Å². The topological polar surface area (TPSA) is 128 Å². The second kappa shape index (κ2) is 5.19. The van der Waals surface area contributed by atoms with E-state index in [1.807, 2.05) is 4.57 Å². The first-order valence-corrected chi connectivity index (χ1v) is 5.29. The van der Waals surface area contributed by atoms with E-state index in [1.54, 1.807) is 6.33 Å². The molecule has 0 saturated heterocycles. The lowest BCUT2D eigenvalue weighted by Gasteiger charge is -2.03. The van der Waals surface area contributed by atoms with E-state index in [-0.39, 0.29) is 11.8 Å². The predicted molar refractivity (Wildman–Crippen MR) is 64.9 cm³/mol. The van der Waals surface area contributed by atoms with Crippen molar-refractivity contribution in [2.45, 2.75) is 13.0 Å². The predicted octanol–water partition coefficient (Wildman–Crippen LogP) is 1.12. The number of nitrogens with two attached hydrogens (primary N) is 1. The van der Waals surface area contributed by atoms with Crippen LogP contribution in [0.25, 0.3) is 21.6 Å². The molecular weight excluding hydrogens is 236 g/mol. The maximum Gasteiger partial charge on any atom is 0.320 e. The van der Waals surface area contributed by atoms with E-state index >= 15 is 0 Å². The molecule has 18 heavy (non-hydrogen) atoms. The molecule has 0 aromatic carbocycles. The van der Waals surface area contributed by atoms with Crippen LogP contribution in [-0.2, 0) is 6.54 Å². The Hall–Kier alpha value is -2.54. The van der Waals surface area contributed by atoms with Crippen molar-refractivity contribution in [3.05, 3.63) is 16.8 Å². The Labute approximate surface area is 102 Å². The molecule has 2 heterocycles. The molecule has 0 radical (unpaired) electrons. The summed E-state index contributed by atoms with van der Waals surface area (Å²) in [4.78, 5) is 15.0. The molecule has 2 aromatic rings. The zero-order valence-corrected chi connectivity index (χ0v) is 9.81. The van der Waals surface area contributed by atoms with Gasteiger partial charge in [-0.15, -0.1) is 0 Å². The molecule has 9 nitrogen and oxygen atoms in total. The summed E-state index contributed by atoms with van der Waals surface area (Å²) >= 11 is 0. The number of nitrogens with zero attached hydrogens (tertiary/aromatic N) is 7. The fourth-order valence-corrected chi connectivity index (χ4v) is 1.56. The minimum absolute atomic E-state index is 0.205. The number of nitrogen functional groups attached to an aromatic ring is 1. The van der Waals surface area contributed by atoms with Crippen molar-refractivity contribution in [2.75, 3.05) is 19.4 Å². The van der Waals surface area contributed by atoms with Crippen molar-refractivity contribution in [3.63, 3.8) is 0 Å². The Kier molecular flexibility index (Phi) is 3.44. The average molecular weight is 248 g/mol. The highest BCUT2D eigenvalue weighted by Crippen LogP contribution is 2.19. The average Bonchev–Trinajstić information content (AvgIpc) is 2.78. The molecule has 0 bridgehead atoms. The Morgan fingerprint density at radius 1 is 1.56 bits per heavy atom. The van der Waals surface area contributed by atoms with Gasteiger partial charge in [-0.25, -0.2) is 4.98 Å². The number of rotatable bonds is 5. The van der Waals surface area contributed by atoms with E-state index in [9.17, 15) is 0 Å². The summed E-state index contributed by atoms with van der Waals surface area (Å²) in [6.07, 6.45) is 2.33. The third-order valence-corrected chi connectivity index (χ3v) is 2.37. The standard InChI is InChI=1S/C9H12N8O/c1-18-9-14-7(10)6-8(15-9)17(5-12-6)4-2-3-13-16-11/h5H,2-4H2,1H3,(H2,10,14,15). The Bertz CT molecular complexity index is 600. The SMILES string of the molecule is COc1nc(N)c2ncn(CCCN=[N+]=[N-])c2n1. The number of methoxy groups -OCH3 is 1.